The molecule has 2 amide bonds. The third-order valence-corrected chi connectivity index (χ3v) is 7.21. The molecule has 1 aromatic carbocycles. The second-order valence-corrected chi connectivity index (χ2v) is 9.27. The van der Waals surface area contributed by atoms with Crippen LogP contribution in [0.4, 0.5) is 0 Å². The Morgan fingerprint density at radius 3 is 2.35 bits per heavy atom. The Labute approximate surface area is 185 Å². The quantitative estimate of drug-likeness (QED) is 0.690. The third kappa shape index (κ3) is 5.86. The summed E-state index contributed by atoms with van der Waals surface area (Å²) in [6.45, 7) is 4.03. The van der Waals surface area contributed by atoms with Crippen LogP contribution in [0.15, 0.2) is 24.3 Å². The van der Waals surface area contributed by atoms with Gasteiger partial charge in [0.2, 0.25) is 0 Å². The van der Waals surface area contributed by atoms with Crippen molar-refractivity contribution in [2.75, 3.05) is 13.7 Å². The van der Waals surface area contributed by atoms with Crippen LogP contribution in [0.3, 0.4) is 0 Å². The normalized spacial score (nSPS) is 24.3. The van der Waals surface area contributed by atoms with Gasteiger partial charge in [-0.05, 0) is 43.2 Å². The van der Waals surface area contributed by atoms with Crippen LogP contribution in [0.2, 0.25) is 0 Å². The first-order chi connectivity index (χ1) is 14.9. The fourth-order valence-electron chi connectivity index (χ4n) is 4.91. The zero-order valence-corrected chi connectivity index (χ0v) is 19.1. The number of ether oxygens (including phenoxy) is 1. The van der Waals surface area contributed by atoms with Crippen molar-refractivity contribution >= 4 is 17.8 Å². The summed E-state index contributed by atoms with van der Waals surface area (Å²) in [5, 5.41) is 3.01. The highest BCUT2D eigenvalue weighted by molar-refractivity contribution is 6.05. The predicted molar refractivity (Wildman–Crippen MR) is 120 cm³/mol. The molecule has 2 aliphatic rings. The first-order valence-corrected chi connectivity index (χ1v) is 11.7. The molecule has 0 spiro atoms. The average molecular weight is 429 g/mol. The van der Waals surface area contributed by atoms with E-state index in [-0.39, 0.29) is 36.1 Å². The van der Waals surface area contributed by atoms with E-state index in [2.05, 4.69) is 19.2 Å². The maximum Gasteiger partial charge on any atom is 0.339 e. The topological polar surface area (TPSA) is 75.7 Å². The Morgan fingerprint density at radius 1 is 0.968 bits per heavy atom. The van der Waals surface area contributed by atoms with E-state index >= 15 is 0 Å². The number of benzene rings is 1. The van der Waals surface area contributed by atoms with Crippen LogP contribution >= 0.6 is 0 Å². The molecule has 170 valence electrons. The van der Waals surface area contributed by atoms with E-state index in [9.17, 15) is 14.4 Å². The van der Waals surface area contributed by atoms with Gasteiger partial charge < -0.3 is 15.0 Å². The number of carbonyl (C=O) groups excluding carboxylic acids is 3. The summed E-state index contributed by atoms with van der Waals surface area (Å²) in [7, 11) is 1.81. The molecule has 1 aromatic rings. The minimum absolute atomic E-state index is 0.118. The molecule has 0 radical (unpaired) electrons. The van der Waals surface area contributed by atoms with Crippen molar-refractivity contribution in [1.29, 1.82) is 0 Å². The molecule has 0 unspecified atom stereocenters. The summed E-state index contributed by atoms with van der Waals surface area (Å²) in [5.41, 5.74) is 0.540. The first-order valence-electron chi connectivity index (χ1n) is 11.7. The second-order valence-electron chi connectivity index (χ2n) is 9.27. The average Bonchev–Trinajstić information content (AvgIpc) is 2.80. The highest BCUT2D eigenvalue weighted by Crippen LogP contribution is 2.29. The monoisotopic (exact) mass is 428 g/mol. The maximum atomic E-state index is 13.1. The van der Waals surface area contributed by atoms with Crippen molar-refractivity contribution in [3.05, 3.63) is 35.4 Å². The molecule has 0 heterocycles. The van der Waals surface area contributed by atoms with Gasteiger partial charge in [0.15, 0.2) is 6.61 Å². The Balaban J connectivity index is 1.59. The molecule has 6 heteroatoms. The minimum atomic E-state index is -0.638. The van der Waals surface area contributed by atoms with Crippen molar-refractivity contribution < 1.29 is 19.1 Å². The number of amides is 2. The van der Waals surface area contributed by atoms with Crippen molar-refractivity contribution in [3.8, 4) is 0 Å². The van der Waals surface area contributed by atoms with E-state index in [4.69, 9.17) is 4.74 Å². The Bertz CT molecular complexity index is 787. The van der Waals surface area contributed by atoms with Crippen LogP contribution in [0.1, 0.15) is 85.9 Å². The lowest BCUT2D eigenvalue weighted by atomic mass is 9.78. The molecule has 2 saturated carbocycles. The summed E-state index contributed by atoms with van der Waals surface area (Å²) < 4.78 is 5.29. The van der Waals surface area contributed by atoms with Gasteiger partial charge in [-0.2, -0.15) is 0 Å². The smallest absolute Gasteiger partial charge is 0.339 e. The van der Waals surface area contributed by atoms with E-state index < -0.39 is 5.97 Å². The standard InChI is InChI=1S/C25H36N2O4/c1-17-10-9-15-22(18(17)2)26-23(28)16-31-25(30)21-14-8-7-13-20(21)24(29)27(3)19-11-5-4-6-12-19/h7-8,13-14,17-19,22H,4-6,9-12,15-16H2,1-3H3,(H,26,28)/t17-,18+,22+/m0/s1. The Hall–Kier alpha value is -2.37. The van der Waals surface area contributed by atoms with E-state index in [0.717, 1.165) is 38.5 Å². The van der Waals surface area contributed by atoms with Gasteiger partial charge in [-0.1, -0.05) is 58.1 Å². The molecule has 0 aromatic heterocycles. The molecule has 1 N–H and O–H groups in total. The van der Waals surface area contributed by atoms with Crippen molar-refractivity contribution in [2.24, 2.45) is 11.8 Å². The molecule has 0 bridgehead atoms. The Morgan fingerprint density at radius 2 is 1.65 bits per heavy atom. The molecule has 6 nitrogen and oxygen atoms in total. The largest absolute Gasteiger partial charge is 0.452 e. The summed E-state index contributed by atoms with van der Waals surface area (Å²) in [5.74, 6) is -0.125. The zero-order valence-electron chi connectivity index (χ0n) is 19.1. The molecular formula is C25H36N2O4. The van der Waals surface area contributed by atoms with Crippen LogP contribution < -0.4 is 5.32 Å². The zero-order chi connectivity index (χ0) is 22.4. The number of rotatable bonds is 6. The summed E-state index contributed by atoms with van der Waals surface area (Å²) in [4.78, 5) is 39.9. The maximum absolute atomic E-state index is 13.1. The Kier molecular flexibility index (Phi) is 8.10. The lowest BCUT2D eigenvalue weighted by Crippen LogP contribution is -2.45. The number of esters is 1. The lowest BCUT2D eigenvalue weighted by Gasteiger charge is -2.34. The number of nitrogens with zero attached hydrogens (tertiary/aromatic N) is 1. The molecule has 31 heavy (non-hydrogen) atoms. The first kappa shape index (κ1) is 23.3. The highest BCUT2D eigenvalue weighted by Gasteiger charge is 2.29. The predicted octanol–water partition coefficient (Wildman–Crippen LogP) is 4.19. The second kappa shape index (κ2) is 10.8. The summed E-state index contributed by atoms with van der Waals surface area (Å²) in [6, 6.07) is 7.02. The van der Waals surface area contributed by atoms with Gasteiger partial charge in [0, 0.05) is 19.1 Å². The molecule has 0 saturated heterocycles. The molecule has 2 aliphatic carbocycles. The van der Waals surface area contributed by atoms with E-state index in [1.165, 1.54) is 12.8 Å². The number of carbonyl (C=O) groups is 3. The highest BCUT2D eigenvalue weighted by atomic mass is 16.5. The van der Waals surface area contributed by atoms with Gasteiger partial charge in [0.25, 0.3) is 11.8 Å². The van der Waals surface area contributed by atoms with Crippen LogP contribution in [-0.4, -0.2) is 48.4 Å². The van der Waals surface area contributed by atoms with Gasteiger partial charge >= 0.3 is 5.97 Å². The fraction of sp³-hybridized carbons (Fsp3) is 0.640. The van der Waals surface area contributed by atoms with Crippen molar-refractivity contribution in [1.82, 2.24) is 10.2 Å². The fourth-order valence-corrected chi connectivity index (χ4v) is 4.91. The van der Waals surface area contributed by atoms with Gasteiger partial charge in [-0.15, -0.1) is 0 Å². The van der Waals surface area contributed by atoms with Crippen LogP contribution in [-0.2, 0) is 9.53 Å². The van der Waals surface area contributed by atoms with E-state index in [1.807, 2.05) is 0 Å². The van der Waals surface area contributed by atoms with Gasteiger partial charge in [0.05, 0.1) is 11.1 Å². The molecule has 2 fully saturated rings. The summed E-state index contributed by atoms with van der Waals surface area (Å²) >= 11 is 0. The molecule has 3 rings (SSSR count). The molecule has 3 atom stereocenters. The van der Waals surface area contributed by atoms with E-state index in [0.29, 0.717) is 17.4 Å². The van der Waals surface area contributed by atoms with Crippen LogP contribution in [0.25, 0.3) is 0 Å². The molecule has 0 aliphatic heterocycles. The summed E-state index contributed by atoms with van der Waals surface area (Å²) in [6.07, 6.45) is 8.68. The molecular weight excluding hydrogens is 392 g/mol. The number of hydrogen-bond acceptors (Lipinski definition) is 4. The van der Waals surface area contributed by atoms with Crippen molar-refractivity contribution in [2.45, 2.75) is 77.3 Å². The van der Waals surface area contributed by atoms with Crippen LogP contribution in [0.5, 0.6) is 0 Å². The van der Waals surface area contributed by atoms with E-state index in [1.54, 1.807) is 36.2 Å². The van der Waals surface area contributed by atoms with Crippen LogP contribution in [0, 0.1) is 11.8 Å². The third-order valence-electron chi connectivity index (χ3n) is 7.21. The number of hydrogen-bond donors (Lipinski definition) is 1. The van der Waals surface area contributed by atoms with Gasteiger partial charge in [-0.3, -0.25) is 9.59 Å². The number of nitrogens with one attached hydrogen (secondary N) is 1. The lowest BCUT2D eigenvalue weighted by molar-refractivity contribution is -0.125. The van der Waals surface area contributed by atoms with Gasteiger partial charge in [-0.25, -0.2) is 4.79 Å². The van der Waals surface area contributed by atoms with Crippen molar-refractivity contribution in [3.63, 3.8) is 0 Å². The van der Waals surface area contributed by atoms with Gasteiger partial charge in [0.1, 0.15) is 0 Å². The minimum Gasteiger partial charge on any atom is -0.452 e. The SMILES string of the molecule is C[C@@H]1[C@@H](C)CCC[C@H]1NC(=O)COC(=O)c1ccccc1C(=O)N(C)C1CCCCC1.